The Hall–Kier alpha value is -2.26. The molecule has 3 rings (SSSR count). The molecule has 23 heavy (non-hydrogen) atoms. The SMILES string of the molecule is N#CC(C#N)=C1CCC(c2ccc(Cl)c(Cl)c2)c2ccccc21. The van der Waals surface area contributed by atoms with Gasteiger partial charge in [-0.15, -0.1) is 0 Å². The predicted octanol–water partition coefficient (Wildman–Crippen LogP) is 5.72. The third-order valence-corrected chi connectivity index (χ3v) is 4.95. The largest absolute Gasteiger partial charge is 0.192 e. The number of rotatable bonds is 1. The molecule has 0 N–H and O–H groups in total. The van der Waals surface area contributed by atoms with Crippen LogP contribution in [0.5, 0.6) is 0 Å². The molecule has 0 heterocycles. The summed E-state index contributed by atoms with van der Waals surface area (Å²) in [5.74, 6) is 0.184. The fourth-order valence-corrected chi connectivity index (χ4v) is 3.46. The summed E-state index contributed by atoms with van der Waals surface area (Å²) in [6.45, 7) is 0. The first-order chi connectivity index (χ1) is 11.2. The van der Waals surface area contributed by atoms with Gasteiger partial charge in [0.1, 0.15) is 17.7 Å². The Bertz CT molecular complexity index is 869. The van der Waals surface area contributed by atoms with Gasteiger partial charge >= 0.3 is 0 Å². The molecule has 0 aromatic heterocycles. The van der Waals surface area contributed by atoms with Crippen molar-refractivity contribution in [3.63, 3.8) is 0 Å². The maximum absolute atomic E-state index is 9.19. The molecule has 1 atom stereocenters. The molecule has 112 valence electrons. The average Bonchev–Trinajstić information content (AvgIpc) is 2.58. The molecule has 1 aliphatic rings. The van der Waals surface area contributed by atoms with Gasteiger partial charge in [-0.2, -0.15) is 10.5 Å². The molecule has 0 saturated carbocycles. The van der Waals surface area contributed by atoms with Crippen LogP contribution in [-0.2, 0) is 0 Å². The Balaban J connectivity index is 2.15. The van der Waals surface area contributed by atoms with Crippen LogP contribution in [-0.4, -0.2) is 0 Å². The minimum Gasteiger partial charge on any atom is -0.192 e. The van der Waals surface area contributed by atoms with Gasteiger partial charge in [-0.25, -0.2) is 0 Å². The fourth-order valence-electron chi connectivity index (χ4n) is 3.15. The Kier molecular flexibility index (Phi) is 4.39. The van der Waals surface area contributed by atoms with Gasteiger partial charge in [-0.3, -0.25) is 0 Å². The van der Waals surface area contributed by atoms with Crippen LogP contribution >= 0.6 is 23.2 Å². The molecular formula is C19H12Cl2N2. The Labute approximate surface area is 145 Å². The van der Waals surface area contributed by atoms with Gasteiger partial charge in [0, 0.05) is 5.92 Å². The van der Waals surface area contributed by atoms with Gasteiger partial charge < -0.3 is 0 Å². The lowest BCUT2D eigenvalue weighted by Gasteiger charge is -2.28. The second-order valence-electron chi connectivity index (χ2n) is 5.43. The zero-order valence-corrected chi connectivity index (χ0v) is 13.7. The normalized spacial score (nSPS) is 16.2. The summed E-state index contributed by atoms with van der Waals surface area (Å²) >= 11 is 12.2. The van der Waals surface area contributed by atoms with Crippen LogP contribution in [0.3, 0.4) is 0 Å². The number of hydrogen-bond acceptors (Lipinski definition) is 2. The van der Waals surface area contributed by atoms with Crippen molar-refractivity contribution >= 4 is 28.8 Å². The first-order valence-electron chi connectivity index (χ1n) is 7.23. The summed E-state index contributed by atoms with van der Waals surface area (Å²) in [7, 11) is 0. The van der Waals surface area contributed by atoms with Crippen molar-refractivity contribution in [1.29, 1.82) is 10.5 Å². The number of nitrogens with zero attached hydrogens (tertiary/aromatic N) is 2. The third-order valence-electron chi connectivity index (χ3n) is 4.22. The summed E-state index contributed by atoms with van der Waals surface area (Å²) < 4.78 is 0. The van der Waals surface area contributed by atoms with E-state index in [4.69, 9.17) is 23.2 Å². The molecule has 0 aliphatic heterocycles. The van der Waals surface area contributed by atoms with Gasteiger partial charge in [0.15, 0.2) is 0 Å². The molecule has 2 aromatic rings. The van der Waals surface area contributed by atoms with Crippen LogP contribution in [0.25, 0.3) is 5.57 Å². The molecule has 0 radical (unpaired) electrons. The lowest BCUT2D eigenvalue weighted by molar-refractivity contribution is 0.710. The van der Waals surface area contributed by atoms with Gasteiger partial charge in [0.25, 0.3) is 0 Å². The Morgan fingerprint density at radius 3 is 2.43 bits per heavy atom. The molecule has 1 aliphatic carbocycles. The Morgan fingerprint density at radius 2 is 1.74 bits per heavy atom. The lowest BCUT2D eigenvalue weighted by Crippen LogP contribution is -2.11. The molecule has 2 aromatic carbocycles. The van der Waals surface area contributed by atoms with Crippen molar-refractivity contribution in [1.82, 2.24) is 0 Å². The Morgan fingerprint density at radius 1 is 1.00 bits per heavy atom. The number of nitriles is 2. The second-order valence-corrected chi connectivity index (χ2v) is 6.24. The minimum absolute atomic E-state index is 0.184. The topological polar surface area (TPSA) is 47.6 Å². The van der Waals surface area contributed by atoms with E-state index in [0.29, 0.717) is 16.5 Å². The maximum Gasteiger partial charge on any atom is 0.133 e. The quantitative estimate of drug-likeness (QED) is 0.624. The van der Waals surface area contributed by atoms with E-state index in [9.17, 15) is 10.5 Å². The fraction of sp³-hybridized carbons (Fsp3) is 0.158. The highest BCUT2D eigenvalue weighted by Gasteiger charge is 2.26. The van der Waals surface area contributed by atoms with E-state index in [1.807, 2.05) is 54.6 Å². The molecule has 0 bridgehead atoms. The standard InChI is InChI=1S/C19H12Cl2N2/c20-18-8-5-12(9-19(18)21)14-6-7-15(13(10-22)11-23)17-4-2-1-3-16(14)17/h1-5,8-9,14H,6-7H2. The second kappa shape index (κ2) is 6.47. The van der Waals surface area contributed by atoms with E-state index in [-0.39, 0.29) is 11.5 Å². The van der Waals surface area contributed by atoms with Crippen LogP contribution < -0.4 is 0 Å². The number of benzene rings is 2. The van der Waals surface area contributed by atoms with Crippen molar-refractivity contribution < 1.29 is 0 Å². The zero-order valence-electron chi connectivity index (χ0n) is 12.2. The summed E-state index contributed by atoms with van der Waals surface area (Å²) in [5.41, 5.74) is 4.23. The molecule has 0 saturated heterocycles. The van der Waals surface area contributed by atoms with Crippen molar-refractivity contribution in [3.8, 4) is 12.1 Å². The first kappa shape index (κ1) is 15.6. The van der Waals surface area contributed by atoms with E-state index in [0.717, 1.165) is 28.7 Å². The van der Waals surface area contributed by atoms with Crippen LogP contribution in [0.15, 0.2) is 48.0 Å². The van der Waals surface area contributed by atoms with Crippen LogP contribution in [0.2, 0.25) is 10.0 Å². The summed E-state index contributed by atoms with van der Waals surface area (Å²) in [5, 5.41) is 19.5. The van der Waals surface area contributed by atoms with Crippen molar-refractivity contribution in [2.24, 2.45) is 0 Å². The highest BCUT2D eigenvalue weighted by atomic mass is 35.5. The van der Waals surface area contributed by atoms with E-state index < -0.39 is 0 Å². The highest BCUT2D eigenvalue weighted by Crippen LogP contribution is 2.43. The first-order valence-corrected chi connectivity index (χ1v) is 7.99. The van der Waals surface area contributed by atoms with Crippen LogP contribution in [0.4, 0.5) is 0 Å². The molecular weight excluding hydrogens is 327 g/mol. The monoisotopic (exact) mass is 338 g/mol. The van der Waals surface area contributed by atoms with E-state index >= 15 is 0 Å². The minimum atomic E-state index is 0.184. The number of fused-ring (bicyclic) bond motifs is 1. The van der Waals surface area contributed by atoms with Crippen molar-refractivity contribution in [3.05, 3.63) is 74.8 Å². The van der Waals surface area contributed by atoms with Crippen molar-refractivity contribution in [2.75, 3.05) is 0 Å². The zero-order chi connectivity index (χ0) is 16.4. The molecule has 4 heteroatoms. The molecule has 0 fully saturated rings. The molecule has 0 amide bonds. The summed E-state index contributed by atoms with van der Waals surface area (Å²) in [6.07, 6.45) is 1.52. The molecule has 1 unspecified atom stereocenters. The average molecular weight is 339 g/mol. The maximum atomic E-state index is 9.19. The predicted molar refractivity (Wildman–Crippen MR) is 92.1 cm³/mol. The number of hydrogen-bond donors (Lipinski definition) is 0. The van der Waals surface area contributed by atoms with Gasteiger partial charge in [0.05, 0.1) is 10.0 Å². The van der Waals surface area contributed by atoms with Gasteiger partial charge in [-0.1, -0.05) is 53.5 Å². The summed E-state index contributed by atoms with van der Waals surface area (Å²) in [4.78, 5) is 0. The summed E-state index contributed by atoms with van der Waals surface area (Å²) in [6, 6.07) is 17.7. The van der Waals surface area contributed by atoms with Crippen LogP contribution in [0, 0.1) is 22.7 Å². The smallest absolute Gasteiger partial charge is 0.133 e. The molecule has 2 nitrogen and oxygen atoms in total. The van der Waals surface area contributed by atoms with Gasteiger partial charge in [-0.05, 0) is 47.2 Å². The van der Waals surface area contributed by atoms with Crippen molar-refractivity contribution in [2.45, 2.75) is 18.8 Å². The van der Waals surface area contributed by atoms with Gasteiger partial charge in [0.2, 0.25) is 0 Å². The highest BCUT2D eigenvalue weighted by molar-refractivity contribution is 6.42. The van der Waals surface area contributed by atoms with E-state index in [1.165, 1.54) is 0 Å². The lowest BCUT2D eigenvalue weighted by atomic mass is 9.75. The number of allylic oxidation sites excluding steroid dienone is 2. The third kappa shape index (κ3) is 2.84. The van der Waals surface area contributed by atoms with E-state index in [1.54, 1.807) is 0 Å². The van der Waals surface area contributed by atoms with E-state index in [2.05, 4.69) is 0 Å². The van der Waals surface area contributed by atoms with Crippen LogP contribution in [0.1, 0.15) is 35.4 Å². The molecule has 0 spiro atoms. The number of halogens is 2.